The highest BCUT2D eigenvalue weighted by molar-refractivity contribution is 7.59. The van der Waals surface area contributed by atoms with E-state index < -0.39 is 10.6 Å². The summed E-state index contributed by atoms with van der Waals surface area (Å²) in [5, 5.41) is 0. The van der Waals surface area contributed by atoms with E-state index >= 15 is 0 Å². The van der Waals surface area contributed by atoms with Gasteiger partial charge in [-0.3, -0.25) is 4.98 Å². The minimum absolute atomic E-state index is 0.639. The number of aldehydes is 1. The average molecular weight is 217 g/mol. The van der Waals surface area contributed by atoms with Crippen molar-refractivity contribution in [3.63, 3.8) is 0 Å². The van der Waals surface area contributed by atoms with Gasteiger partial charge in [-0.1, -0.05) is 13.0 Å². The van der Waals surface area contributed by atoms with E-state index in [0.717, 1.165) is 6.29 Å². The zero-order valence-electron chi connectivity index (χ0n) is 7.66. The van der Waals surface area contributed by atoms with Gasteiger partial charge in [0.25, 0.3) is 0 Å². The molecule has 1 rings (SSSR count). The minimum Gasteiger partial charge on any atom is -0.303 e. The molecule has 0 saturated heterocycles. The van der Waals surface area contributed by atoms with Gasteiger partial charge in [-0.2, -0.15) is 0 Å². The summed E-state index contributed by atoms with van der Waals surface area (Å²) >= 11 is 0. The molecule has 1 heterocycles. The smallest absolute Gasteiger partial charge is 0.303 e. The molecule has 0 amide bonds. The van der Waals surface area contributed by atoms with Crippen LogP contribution in [-0.4, -0.2) is 23.9 Å². The second-order valence-electron chi connectivity index (χ2n) is 1.80. The molecule has 0 unspecified atom stereocenters. The van der Waals surface area contributed by atoms with Crippen molar-refractivity contribution in [2.75, 3.05) is 0 Å². The molecule has 0 aliphatic heterocycles. The monoisotopic (exact) mass is 217 g/mol. The summed E-state index contributed by atoms with van der Waals surface area (Å²) in [6.07, 6.45) is 5.01. The summed E-state index contributed by atoms with van der Waals surface area (Å²) in [5.41, 5.74) is 0. The Hall–Kier alpha value is -1.56. The van der Waals surface area contributed by atoms with E-state index in [4.69, 9.17) is 12.6 Å². The van der Waals surface area contributed by atoms with Crippen LogP contribution in [0, 0.1) is 0 Å². The maximum absolute atomic E-state index is 9.17. The lowest BCUT2D eigenvalue weighted by atomic mass is 10.5. The fourth-order valence-corrected chi connectivity index (χ4v) is 0.313. The number of rotatable bonds is 1. The maximum atomic E-state index is 9.17. The molecule has 0 saturated carbocycles. The van der Waals surface area contributed by atoms with Crippen LogP contribution in [0.15, 0.2) is 30.6 Å². The Balaban J connectivity index is 0. The molecular formula is C8H11NO4S. The van der Waals surface area contributed by atoms with Crippen molar-refractivity contribution >= 4 is 16.9 Å². The molecule has 0 atom stereocenters. The number of pyridine rings is 1. The fraction of sp³-hybridized carbons (Fsp3) is 0.250. The molecule has 1 aromatic rings. The molecule has 78 valence electrons. The van der Waals surface area contributed by atoms with E-state index in [2.05, 4.69) is 4.98 Å². The van der Waals surface area contributed by atoms with Gasteiger partial charge in [0.1, 0.15) is 6.29 Å². The quantitative estimate of drug-likeness (QED) is 0.646. The summed E-state index contributed by atoms with van der Waals surface area (Å²) in [4.78, 5) is 13.0. The second kappa shape index (κ2) is 14.0. The fourth-order valence-electron chi connectivity index (χ4n) is 0.313. The first-order chi connectivity index (χ1) is 6.65. The first kappa shape index (κ1) is 14.9. The van der Waals surface area contributed by atoms with Gasteiger partial charge in [-0.15, -0.1) is 12.6 Å². The summed E-state index contributed by atoms with van der Waals surface area (Å²) in [6, 6.07) is 5.72. The van der Waals surface area contributed by atoms with Crippen molar-refractivity contribution in [2.24, 2.45) is 0 Å². The maximum Gasteiger partial charge on any atom is 0.425 e. The van der Waals surface area contributed by atoms with Crippen LogP contribution in [0.1, 0.15) is 13.3 Å². The molecule has 0 spiro atoms. The highest BCUT2D eigenvalue weighted by Crippen LogP contribution is 1.73. The van der Waals surface area contributed by atoms with E-state index in [1.165, 1.54) is 0 Å². The van der Waals surface area contributed by atoms with E-state index in [-0.39, 0.29) is 0 Å². The van der Waals surface area contributed by atoms with Gasteiger partial charge in [0.15, 0.2) is 0 Å². The number of carbonyl (C=O) groups excluding carboxylic acids is 1. The molecule has 0 aliphatic carbocycles. The molecule has 1 aromatic heterocycles. The van der Waals surface area contributed by atoms with Crippen LogP contribution in [0.25, 0.3) is 0 Å². The highest BCUT2D eigenvalue weighted by Gasteiger charge is 1.58. The molecule has 14 heavy (non-hydrogen) atoms. The first-order valence-corrected chi connectivity index (χ1v) is 4.70. The van der Waals surface area contributed by atoms with Gasteiger partial charge in [-0.05, 0) is 12.1 Å². The van der Waals surface area contributed by atoms with Crippen LogP contribution in [-0.2, 0) is 15.4 Å². The summed E-state index contributed by atoms with van der Waals surface area (Å²) < 4.78 is 25.3. The van der Waals surface area contributed by atoms with Crippen LogP contribution >= 0.6 is 0 Å². The lowest BCUT2D eigenvalue weighted by Crippen LogP contribution is -1.58. The van der Waals surface area contributed by atoms with Crippen LogP contribution in [0.3, 0.4) is 0 Å². The van der Waals surface area contributed by atoms with E-state index in [1.807, 2.05) is 25.1 Å². The Morgan fingerprint density at radius 2 is 1.50 bits per heavy atom. The number of nitrogens with zero attached hydrogens (tertiary/aromatic N) is 1. The van der Waals surface area contributed by atoms with Crippen LogP contribution in [0.4, 0.5) is 0 Å². The number of hydrogen-bond donors (Lipinski definition) is 0. The third-order valence-electron chi connectivity index (χ3n) is 0.733. The predicted octanol–water partition coefficient (Wildman–Crippen LogP) is 0.673. The van der Waals surface area contributed by atoms with Crippen molar-refractivity contribution < 1.29 is 17.4 Å². The summed E-state index contributed by atoms with van der Waals surface area (Å²) in [7, 11) is -3.11. The van der Waals surface area contributed by atoms with Gasteiger partial charge in [-0.25, -0.2) is 0 Å². The van der Waals surface area contributed by atoms with Crippen molar-refractivity contribution in [1.29, 1.82) is 0 Å². The van der Waals surface area contributed by atoms with Crippen molar-refractivity contribution in [2.45, 2.75) is 13.3 Å². The average Bonchev–Trinajstić information content (AvgIpc) is 2.20. The molecule has 0 N–H and O–H groups in total. The summed E-state index contributed by atoms with van der Waals surface area (Å²) in [5.74, 6) is 0. The molecular weight excluding hydrogens is 206 g/mol. The standard InChI is InChI=1S/C5H5N.C3H6O.O3S/c1-2-4-6-5-3-1;1-2-3-4;1-4(2)3/h1-5H;3H,2H2,1H3;. The highest BCUT2D eigenvalue weighted by atomic mass is 32.2. The lowest BCUT2D eigenvalue weighted by Gasteiger charge is -1.70. The Morgan fingerprint density at radius 1 is 1.14 bits per heavy atom. The Morgan fingerprint density at radius 3 is 1.57 bits per heavy atom. The van der Waals surface area contributed by atoms with Gasteiger partial charge >= 0.3 is 10.6 Å². The zero-order chi connectivity index (χ0) is 11.2. The van der Waals surface area contributed by atoms with Gasteiger partial charge in [0, 0.05) is 18.8 Å². The topological polar surface area (TPSA) is 81.2 Å². The molecule has 0 aliphatic rings. The van der Waals surface area contributed by atoms with Crippen LogP contribution in [0.2, 0.25) is 0 Å². The molecule has 0 bridgehead atoms. The summed E-state index contributed by atoms with van der Waals surface area (Å²) in [6.45, 7) is 1.81. The molecule has 0 fully saturated rings. The van der Waals surface area contributed by atoms with Crippen LogP contribution in [0.5, 0.6) is 0 Å². The molecule has 6 heteroatoms. The predicted molar refractivity (Wildman–Crippen MR) is 50.3 cm³/mol. The number of hydrogen-bond acceptors (Lipinski definition) is 5. The van der Waals surface area contributed by atoms with Gasteiger partial charge < -0.3 is 4.79 Å². The molecule has 0 radical (unpaired) electrons. The lowest BCUT2D eigenvalue weighted by molar-refractivity contribution is -0.107. The second-order valence-corrected chi connectivity index (χ2v) is 2.21. The van der Waals surface area contributed by atoms with Gasteiger partial charge in [0.05, 0.1) is 0 Å². The van der Waals surface area contributed by atoms with Crippen molar-refractivity contribution in [3.05, 3.63) is 30.6 Å². The van der Waals surface area contributed by atoms with Gasteiger partial charge in [0.2, 0.25) is 0 Å². The molecule has 5 nitrogen and oxygen atoms in total. The molecule has 0 aromatic carbocycles. The Kier molecular flexibility index (Phi) is 14.9. The Labute approximate surface area is 83.9 Å². The number of carbonyl (C=O) groups is 1. The van der Waals surface area contributed by atoms with Crippen LogP contribution < -0.4 is 0 Å². The number of aromatic nitrogens is 1. The Bertz CT molecular complexity index is 274. The van der Waals surface area contributed by atoms with Crippen molar-refractivity contribution in [1.82, 2.24) is 4.98 Å². The first-order valence-electron chi connectivity index (χ1n) is 3.70. The SMILES string of the molecule is CCC=O.O=S(=O)=O.c1ccncc1. The third kappa shape index (κ3) is 31.4. The minimum atomic E-state index is -3.11. The normalized spacial score (nSPS) is 6.93. The zero-order valence-corrected chi connectivity index (χ0v) is 8.48. The third-order valence-corrected chi connectivity index (χ3v) is 0.733. The largest absolute Gasteiger partial charge is 0.425 e. The van der Waals surface area contributed by atoms with E-state index in [1.54, 1.807) is 12.4 Å². The van der Waals surface area contributed by atoms with Crippen molar-refractivity contribution in [3.8, 4) is 0 Å². The van der Waals surface area contributed by atoms with E-state index in [0.29, 0.717) is 6.42 Å². The van der Waals surface area contributed by atoms with E-state index in [9.17, 15) is 4.79 Å².